The van der Waals surface area contributed by atoms with E-state index in [0.717, 1.165) is 30.6 Å². The van der Waals surface area contributed by atoms with Crippen LogP contribution in [-0.2, 0) is 6.54 Å². The van der Waals surface area contributed by atoms with Crippen LogP contribution in [0.3, 0.4) is 0 Å². The molecule has 1 rings (SSSR count). The molecule has 0 radical (unpaired) electrons. The first-order chi connectivity index (χ1) is 8.13. The van der Waals surface area contributed by atoms with Crippen molar-refractivity contribution in [2.45, 2.75) is 39.8 Å². The van der Waals surface area contributed by atoms with Crippen LogP contribution < -0.4 is 10.6 Å². The molecule has 0 saturated heterocycles. The molecule has 2 nitrogen and oxygen atoms in total. The molecule has 0 aliphatic heterocycles. The van der Waals surface area contributed by atoms with E-state index in [1.165, 1.54) is 6.07 Å². The molecule has 2 N–H and O–H groups in total. The molecule has 0 amide bonds. The number of nitrogens with one attached hydrogen (secondary N) is 2. The highest BCUT2D eigenvalue weighted by Gasteiger charge is 2.04. The molecule has 0 bridgehead atoms. The van der Waals surface area contributed by atoms with E-state index in [2.05, 4.69) is 24.5 Å². The fraction of sp³-hybridized carbons (Fsp3) is 0.571. The maximum absolute atomic E-state index is 13.5. The van der Waals surface area contributed by atoms with Gasteiger partial charge in [0.25, 0.3) is 0 Å². The largest absolute Gasteiger partial charge is 0.315 e. The van der Waals surface area contributed by atoms with Gasteiger partial charge in [-0.25, -0.2) is 4.39 Å². The highest BCUT2D eigenvalue weighted by atomic mass is 19.1. The lowest BCUT2D eigenvalue weighted by Gasteiger charge is -2.15. The van der Waals surface area contributed by atoms with E-state index < -0.39 is 0 Å². The summed E-state index contributed by atoms with van der Waals surface area (Å²) in [7, 11) is 0. The summed E-state index contributed by atoms with van der Waals surface area (Å²) in [6.07, 6.45) is 1.14. The molecule has 0 fully saturated rings. The molecule has 0 saturated carbocycles. The number of aryl methyl sites for hydroxylation is 1. The normalized spacial score (nSPS) is 12.7. The molecular weight excluding hydrogens is 215 g/mol. The summed E-state index contributed by atoms with van der Waals surface area (Å²) in [5.41, 5.74) is 1.84. The van der Waals surface area contributed by atoms with Gasteiger partial charge < -0.3 is 10.6 Å². The van der Waals surface area contributed by atoms with Gasteiger partial charge in [-0.3, -0.25) is 0 Å². The predicted molar refractivity (Wildman–Crippen MR) is 70.6 cm³/mol. The predicted octanol–water partition coefficient (Wildman–Crippen LogP) is 2.61. The van der Waals surface area contributed by atoms with Crippen molar-refractivity contribution in [3.05, 3.63) is 35.1 Å². The Kier molecular flexibility index (Phi) is 6.16. The van der Waals surface area contributed by atoms with E-state index in [1.807, 2.05) is 13.0 Å². The van der Waals surface area contributed by atoms with Gasteiger partial charge >= 0.3 is 0 Å². The Labute approximate surface area is 104 Å². The molecule has 0 aliphatic carbocycles. The molecule has 17 heavy (non-hydrogen) atoms. The van der Waals surface area contributed by atoms with Crippen LogP contribution in [0.4, 0.5) is 4.39 Å². The summed E-state index contributed by atoms with van der Waals surface area (Å²) < 4.78 is 13.5. The standard InChI is InChI=1S/C14H23FN2/c1-4-7-16-9-12(3)17-10-13-8-11(2)5-6-14(13)15/h5-6,8,12,16-17H,4,7,9-10H2,1-3H3. The minimum Gasteiger partial charge on any atom is -0.315 e. The smallest absolute Gasteiger partial charge is 0.127 e. The zero-order valence-electron chi connectivity index (χ0n) is 11.0. The number of benzene rings is 1. The highest BCUT2D eigenvalue weighted by Crippen LogP contribution is 2.09. The minimum atomic E-state index is -0.128. The Bertz CT molecular complexity index is 339. The summed E-state index contributed by atoms with van der Waals surface area (Å²) >= 11 is 0. The minimum absolute atomic E-state index is 0.128. The molecule has 96 valence electrons. The van der Waals surface area contributed by atoms with Crippen molar-refractivity contribution in [1.82, 2.24) is 10.6 Å². The molecule has 0 aromatic heterocycles. The zero-order valence-corrected chi connectivity index (χ0v) is 11.0. The van der Waals surface area contributed by atoms with E-state index in [4.69, 9.17) is 0 Å². The summed E-state index contributed by atoms with van der Waals surface area (Å²) in [6, 6.07) is 5.58. The van der Waals surface area contributed by atoms with Crippen molar-refractivity contribution in [2.75, 3.05) is 13.1 Å². The fourth-order valence-electron chi connectivity index (χ4n) is 1.69. The van der Waals surface area contributed by atoms with Crippen molar-refractivity contribution in [2.24, 2.45) is 0 Å². The Morgan fingerprint density at radius 1 is 1.35 bits per heavy atom. The average molecular weight is 238 g/mol. The van der Waals surface area contributed by atoms with E-state index in [-0.39, 0.29) is 5.82 Å². The van der Waals surface area contributed by atoms with Gasteiger partial charge in [-0.15, -0.1) is 0 Å². The maximum Gasteiger partial charge on any atom is 0.127 e. The van der Waals surface area contributed by atoms with E-state index in [0.29, 0.717) is 12.6 Å². The van der Waals surface area contributed by atoms with Crippen molar-refractivity contribution in [3.8, 4) is 0 Å². The molecule has 1 aromatic carbocycles. The van der Waals surface area contributed by atoms with Gasteiger partial charge in [-0.05, 0) is 32.9 Å². The highest BCUT2D eigenvalue weighted by molar-refractivity contribution is 5.23. The Hall–Kier alpha value is -0.930. The van der Waals surface area contributed by atoms with Gasteiger partial charge in [0.1, 0.15) is 5.82 Å². The molecular formula is C14H23FN2. The van der Waals surface area contributed by atoms with Gasteiger partial charge in [0, 0.05) is 24.7 Å². The third kappa shape index (κ3) is 5.29. The van der Waals surface area contributed by atoms with Crippen LogP contribution in [0, 0.1) is 12.7 Å². The van der Waals surface area contributed by atoms with Gasteiger partial charge in [0.05, 0.1) is 0 Å². The van der Waals surface area contributed by atoms with Crippen molar-refractivity contribution >= 4 is 0 Å². The average Bonchev–Trinajstić information content (AvgIpc) is 2.31. The van der Waals surface area contributed by atoms with Crippen LogP contribution in [0.5, 0.6) is 0 Å². The molecule has 0 aliphatic rings. The lowest BCUT2D eigenvalue weighted by Crippen LogP contribution is -2.36. The second kappa shape index (κ2) is 7.41. The summed E-state index contributed by atoms with van der Waals surface area (Å²) in [5.74, 6) is -0.128. The lowest BCUT2D eigenvalue weighted by molar-refractivity contribution is 0.491. The van der Waals surface area contributed by atoms with Crippen LogP contribution in [0.1, 0.15) is 31.4 Å². The summed E-state index contributed by atoms with van der Waals surface area (Å²) in [6.45, 7) is 8.77. The van der Waals surface area contributed by atoms with Crippen LogP contribution in [0.25, 0.3) is 0 Å². The molecule has 1 atom stereocenters. The summed E-state index contributed by atoms with van der Waals surface area (Å²) in [4.78, 5) is 0. The third-order valence-corrected chi connectivity index (χ3v) is 2.72. The van der Waals surface area contributed by atoms with Crippen LogP contribution in [0.15, 0.2) is 18.2 Å². The van der Waals surface area contributed by atoms with Gasteiger partial charge in [-0.2, -0.15) is 0 Å². The first-order valence-corrected chi connectivity index (χ1v) is 6.32. The summed E-state index contributed by atoms with van der Waals surface area (Å²) in [5, 5.41) is 6.66. The van der Waals surface area contributed by atoms with E-state index >= 15 is 0 Å². The van der Waals surface area contributed by atoms with Gasteiger partial charge in [0.15, 0.2) is 0 Å². The number of rotatable bonds is 7. The van der Waals surface area contributed by atoms with Crippen LogP contribution >= 0.6 is 0 Å². The quantitative estimate of drug-likeness (QED) is 0.714. The number of halogens is 1. The number of hydrogen-bond acceptors (Lipinski definition) is 2. The zero-order chi connectivity index (χ0) is 12.7. The monoisotopic (exact) mass is 238 g/mol. The third-order valence-electron chi connectivity index (χ3n) is 2.72. The van der Waals surface area contributed by atoms with Gasteiger partial charge in [-0.1, -0.05) is 24.6 Å². The van der Waals surface area contributed by atoms with Gasteiger partial charge in [0.2, 0.25) is 0 Å². The molecule has 0 spiro atoms. The van der Waals surface area contributed by atoms with E-state index in [9.17, 15) is 4.39 Å². The Morgan fingerprint density at radius 3 is 2.82 bits per heavy atom. The lowest BCUT2D eigenvalue weighted by atomic mass is 10.1. The molecule has 0 heterocycles. The molecule has 3 heteroatoms. The molecule has 1 aromatic rings. The van der Waals surface area contributed by atoms with E-state index in [1.54, 1.807) is 6.07 Å². The molecule has 1 unspecified atom stereocenters. The second-order valence-electron chi connectivity index (χ2n) is 4.58. The number of hydrogen-bond donors (Lipinski definition) is 2. The second-order valence-corrected chi connectivity index (χ2v) is 4.58. The Morgan fingerprint density at radius 2 is 2.12 bits per heavy atom. The van der Waals surface area contributed by atoms with Crippen molar-refractivity contribution < 1.29 is 4.39 Å². The fourth-order valence-corrected chi connectivity index (χ4v) is 1.69. The first-order valence-electron chi connectivity index (χ1n) is 6.32. The maximum atomic E-state index is 13.5. The van der Waals surface area contributed by atoms with Crippen LogP contribution in [0.2, 0.25) is 0 Å². The SMILES string of the molecule is CCCNCC(C)NCc1cc(C)ccc1F. The topological polar surface area (TPSA) is 24.1 Å². The Balaban J connectivity index is 2.36. The van der Waals surface area contributed by atoms with Crippen molar-refractivity contribution in [1.29, 1.82) is 0 Å². The van der Waals surface area contributed by atoms with Crippen molar-refractivity contribution in [3.63, 3.8) is 0 Å². The first kappa shape index (κ1) is 14.1. The van der Waals surface area contributed by atoms with Crippen LogP contribution in [-0.4, -0.2) is 19.1 Å².